The minimum absolute atomic E-state index is 0.0336. The van der Waals surface area contributed by atoms with Crippen LogP contribution in [0.2, 0.25) is 0 Å². The van der Waals surface area contributed by atoms with Gasteiger partial charge in [0.1, 0.15) is 5.75 Å². The molecule has 32 heavy (non-hydrogen) atoms. The lowest BCUT2D eigenvalue weighted by atomic mass is 9.89. The number of anilines is 1. The highest BCUT2D eigenvalue weighted by atomic mass is 32.2. The third kappa shape index (κ3) is 7.03. The Morgan fingerprint density at radius 1 is 1.19 bits per heavy atom. The summed E-state index contributed by atoms with van der Waals surface area (Å²) in [4.78, 5) is 4.79. The number of nitrogens with zero attached hydrogens (tertiary/aromatic N) is 1. The van der Waals surface area contributed by atoms with Gasteiger partial charge < -0.3 is 10.5 Å². The second-order valence-electron chi connectivity index (χ2n) is 7.67. The number of aromatic nitrogens is 1. The molecule has 0 bridgehead atoms. The van der Waals surface area contributed by atoms with E-state index < -0.39 is 10.3 Å². The van der Waals surface area contributed by atoms with E-state index in [0.29, 0.717) is 12.1 Å². The van der Waals surface area contributed by atoms with E-state index in [1.54, 1.807) is 30.6 Å². The molecule has 4 N–H and O–H groups in total. The number of nitrogens with one attached hydrogen (secondary N) is 1. The quantitative estimate of drug-likeness (QED) is 0.358. The van der Waals surface area contributed by atoms with Crippen LogP contribution in [0.25, 0.3) is 0 Å². The maximum atomic E-state index is 11.0. The fourth-order valence-electron chi connectivity index (χ4n) is 3.55. The molecule has 2 unspecified atom stereocenters. The van der Waals surface area contributed by atoms with Crippen molar-refractivity contribution in [3.8, 4) is 5.75 Å². The van der Waals surface area contributed by atoms with Gasteiger partial charge in [-0.15, -0.1) is 11.3 Å². The van der Waals surface area contributed by atoms with Gasteiger partial charge in [-0.1, -0.05) is 31.2 Å². The lowest BCUT2D eigenvalue weighted by Gasteiger charge is -2.23. The molecule has 7 nitrogen and oxygen atoms in total. The predicted octanol–water partition coefficient (Wildman–Crippen LogP) is 4.22. The summed E-state index contributed by atoms with van der Waals surface area (Å²) in [6.45, 7) is 2.08. The van der Waals surface area contributed by atoms with E-state index in [1.807, 2.05) is 30.3 Å². The van der Waals surface area contributed by atoms with Gasteiger partial charge in [-0.05, 0) is 61.1 Å². The first-order valence-electron chi connectivity index (χ1n) is 10.4. The average molecular weight is 476 g/mol. The first kappa shape index (κ1) is 24.2. The minimum Gasteiger partial charge on any atom is -0.497 e. The van der Waals surface area contributed by atoms with Gasteiger partial charge in [0.05, 0.1) is 23.5 Å². The van der Waals surface area contributed by atoms with Gasteiger partial charge >= 0.3 is 10.3 Å². The molecule has 0 aliphatic carbocycles. The van der Waals surface area contributed by atoms with E-state index in [9.17, 15) is 8.42 Å². The summed E-state index contributed by atoms with van der Waals surface area (Å²) >= 11 is 1.63. The standard InChI is InChI=1S/C23H29N3O4S2/c1-3-18-15-31-23(25-18)21(14-17-7-10-19(11-8-17)26-32(27,28)29)22(24)12-9-16-5-4-6-20(13-16)30-2/h4-8,10-11,13,15,21-22,26H,3,9,12,14,24H2,1-2H3,(H,27,28,29). The Balaban J connectivity index is 1.75. The first-order valence-corrected chi connectivity index (χ1v) is 12.8. The van der Waals surface area contributed by atoms with Crippen LogP contribution < -0.4 is 15.2 Å². The molecule has 0 spiro atoms. The maximum absolute atomic E-state index is 11.0. The van der Waals surface area contributed by atoms with Gasteiger partial charge in [-0.25, -0.2) is 4.98 Å². The van der Waals surface area contributed by atoms with E-state index in [2.05, 4.69) is 23.1 Å². The van der Waals surface area contributed by atoms with Crippen molar-refractivity contribution >= 4 is 27.3 Å². The Labute approximate surface area is 193 Å². The lowest BCUT2D eigenvalue weighted by Crippen LogP contribution is -2.30. The van der Waals surface area contributed by atoms with Gasteiger partial charge in [0.15, 0.2) is 0 Å². The third-order valence-electron chi connectivity index (χ3n) is 5.32. The van der Waals surface area contributed by atoms with Gasteiger partial charge in [0, 0.05) is 17.3 Å². The molecule has 172 valence electrons. The molecule has 3 aromatic rings. The number of nitrogens with two attached hydrogens (primary N) is 1. The molecule has 0 aliphatic heterocycles. The van der Waals surface area contributed by atoms with E-state index in [4.69, 9.17) is 20.0 Å². The molecule has 3 rings (SSSR count). The van der Waals surface area contributed by atoms with Gasteiger partial charge in [-0.2, -0.15) is 8.42 Å². The van der Waals surface area contributed by atoms with Crippen LogP contribution in [0.5, 0.6) is 5.75 Å². The molecule has 0 radical (unpaired) electrons. The summed E-state index contributed by atoms with van der Waals surface area (Å²) in [5, 5.41) is 3.09. The second kappa shape index (κ2) is 10.9. The number of ether oxygens (including phenoxy) is 1. The molecule has 0 saturated heterocycles. The van der Waals surface area contributed by atoms with Crippen LogP contribution in [0, 0.1) is 0 Å². The highest BCUT2D eigenvalue weighted by Crippen LogP contribution is 2.29. The number of thiazole rings is 1. The molecular formula is C23H29N3O4S2. The zero-order valence-corrected chi connectivity index (χ0v) is 19.8. The maximum Gasteiger partial charge on any atom is 0.357 e. The summed E-state index contributed by atoms with van der Waals surface area (Å²) < 4.78 is 38.3. The van der Waals surface area contributed by atoms with Crippen LogP contribution in [0.1, 0.15) is 41.1 Å². The smallest absolute Gasteiger partial charge is 0.357 e. The molecule has 0 aliphatic rings. The Morgan fingerprint density at radius 2 is 1.94 bits per heavy atom. The fourth-order valence-corrected chi connectivity index (χ4v) is 5.06. The van der Waals surface area contributed by atoms with E-state index in [1.165, 1.54) is 5.56 Å². The molecule has 9 heteroatoms. The number of hydrogen-bond acceptors (Lipinski definition) is 6. The number of methoxy groups -OCH3 is 1. The zero-order chi connectivity index (χ0) is 23.1. The molecular weight excluding hydrogens is 446 g/mol. The fraction of sp³-hybridized carbons (Fsp3) is 0.348. The minimum atomic E-state index is -4.30. The van der Waals surface area contributed by atoms with Crippen molar-refractivity contribution in [2.24, 2.45) is 5.73 Å². The van der Waals surface area contributed by atoms with Crippen molar-refractivity contribution in [2.75, 3.05) is 11.8 Å². The number of hydrogen-bond donors (Lipinski definition) is 3. The van der Waals surface area contributed by atoms with Crippen molar-refractivity contribution in [3.63, 3.8) is 0 Å². The molecule has 0 amide bonds. The molecule has 2 aromatic carbocycles. The third-order valence-corrected chi connectivity index (χ3v) is 6.84. The Morgan fingerprint density at radius 3 is 2.56 bits per heavy atom. The zero-order valence-electron chi connectivity index (χ0n) is 18.2. The van der Waals surface area contributed by atoms with Crippen molar-refractivity contribution in [3.05, 3.63) is 75.7 Å². The predicted molar refractivity (Wildman–Crippen MR) is 129 cm³/mol. The molecule has 1 aromatic heterocycles. The normalized spacial score (nSPS) is 13.5. The van der Waals surface area contributed by atoms with E-state index in [0.717, 1.165) is 41.3 Å². The van der Waals surface area contributed by atoms with Crippen molar-refractivity contribution in [2.45, 2.75) is 44.6 Å². The molecule has 2 atom stereocenters. The van der Waals surface area contributed by atoms with Crippen LogP contribution in [0.3, 0.4) is 0 Å². The van der Waals surface area contributed by atoms with Crippen molar-refractivity contribution < 1.29 is 17.7 Å². The highest BCUT2D eigenvalue weighted by Gasteiger charge is 2.23. The van der Waals surface area contributed by atoms with Crippen molar-refractivity contribution in [1.29, 1.82) is 0 Å². The van der Waals surface area contributed by atoms with Crippen LogP contribution >= 0.6 is 11.3 Å². The topological polar surface area (TPSA) is 115 Å². The molecule has 1 heterocycles. The largest absolute Gasteiger partial charge is 0.497 e. The van der Waals surface area contributed by atoms with Crippen LogP contribution in [-0.2, 0) is 29.6 Å². The van der Waals surface area contributed by atoms with Crippen LogP contribution in [-0.4, -0.2) is 31.1 Å². The Hall–Kier alpha value is -2.46. The Bertz CT molecular complexity index is 1110. The lowest BCUT2D eigenvalue weighted by molar-refractivity contribution is 0.414. The van der Waals surface area contributed by atoms with E-state index >= 15 is 0 Å². The number of benzene rings is 2. The molecule has 0 saturated carbocycles. The van der Waals surface area contributed by atoms with Crippen molar-refractivity contribution in [1.82, 2.24) is 4.98 Å². The summed E-state index contributed by atoms with van der Waals surface area (Å²) in [6, 6.07) is 14.8. The summed E-state index contributed by atoms with van der Waals surface area (Å²) in [7, 11) is -2.64. The van der Waals surface area contributed by atoms with E-state index in [-0.39, 0.29) is 12.0 Å². The molecule has 0 fully saturated rings. The van der Waals surface area contributed by atoms with Gasteiger partial charge in [0.2, 0.25) is 0 Å². The average Bonchev–Trinajstić information content (AvgIpc) is 3.25. The van der Waals surface area contributed by atoms with Gasteiger partial charge in [-0.3, -0.25) is 9.27 Å². The second-order valence-corrected chi connectivity index (χ2v) is 9.71. The highest BCUT2D eigenvalue weighted by molar-refractivity contribution is 7.87. The Kier molecular flexibility index (Phi) is 8.25. The number of aryl methyl sites for hydroxylation is 2. The summed E-state index contributed by atoms with van der Waals surface area (Å²) in [5.41, 5.74) is 10.2. The van der Waals surface area contributed by atoms with Crippen LogP contribution in [0.15, 0.2) is 53.9 Å². The monoisotopic (exact) mass is 475 g/mol. The summed E-state index contributed by atoms with van der Waals surface area (Å²) in [6.07, 6.45) is 3.18. The SMILES string of the molecule is CCc1csc(C(Cc2ccc(NS(=O)(=O)O)cc2)C(N)CCc2cccc(OC)c2)n1. The van der Waals surface area contributed by atoms with Crippen LogP contribution in [0.4, 0.5) is 5.69 Å². The summed E-state index contributed by atoms with van der Waals surface area (Å²) in [5.74, 6) is 0.866. The number of rotatable bonds is 11. The van der Waals surface area contributed by atoms with Gasteiger partial charge in [0.25, 0.3) is 0 Å². The first-order chi connectivity index (χ1) is 15.3.